The Kier molecular flexibility index (Phi) is 4.12. The number of hydrogen-bond donors (Lipinski definition) is 3. The summed E-state index contributed by atoms with van der Waals surface area (Å²) in [7, 11) is 1.83. The summed E-state index contributed by atoms with van der Waals surface area (Å²) >= 11 is 1.60. The molecule has 17 heavy (non-hydrogen) atoms. The number of aliphatic hydroxyl groups excluding tert-OH is 2. The van der Waals surface area contributed by atoms with Crippen LogP contribution in [0.4, 0.5) is 0 Å². The van der Waals surface area contributed by atoms with Gasteiger partial charge in [-0.2, -0.15) is 0 Å². The topological polar surface area (TPSA) is 52.5 Å². The summed E-state index contributed by atoms with van der Waals surface area (Å²) in [5, 5.41) is 26.2. The van der Waals surface area contributed by atoms with Gasteiger partial charge in [0.2, 0.25) is 0 Å². The van der Waals surface area contributed by atoms with E-state index >= 15 is 0 Å². The van der Waals surface area contributed by atoms with Crippen LogP contribution in [-0.4, -0.2) is 29.9 Å². The molecule has 1 aromatic heterocycles. The fourth-order valence-corrected chi connectivity index (χ4v) is 2.85. The molecular weight excluding hydrogens is 234 g/mol. The van der Waals surface area contributed by atoms with E-state index in [0.717, 1.165) is 15.6 Å². The standard InChI is InChI=1S/C13H17NO2S/c1-14-7-5-11(15)12(16)10-4-2-3-9-6-8-17-13(9)10/h2-4,6,8,11-12,14-16H,5,7H2,1H3. The van der Waals surface area contributed by atoms with E-state index in [1.807, 2.05) is 36.7 Å². The fourth-order valence-electron chi connectivity index (χ4n) is 1.91. The lowest BCUT2D eigenvalue weighted by Gasteiger charge is -2.18. The molecule has 1 heterocycles. The van der Waals surface area contributed by atoms with Gasteiger partial charge in [-0.25, -0.2) is 0 Å². The lowest BCUT2D eigenvalue weighted by Crippen LogP contribution is -2.23. The molecule has 0 aliphatic rings. The molecule has 0 saturated heterocycles. The Hall–Kier alpha value is -0.940. The third-order valence-corrected chi connectivity index (χ3v) is 3.86. The summed E-state index contributed by atoms with van der Waals surface area (Å²) in [5.41, 5.74) is 0.820. The molecule has 92 valence electrons. The first-order chi connectivity index (χ1) is 8.24. The molecule has 1 aromatic carbocycles. The first kappa shape index (κ1) is 12.5. The van der Waals surface area contributed by atoms with Crippen molar-refractivity contribution in [3.05, 3.63) is 35.2 Å². The molecule has 0 fully saturated rings. The van der Waals surface area contributed by atoms with E-state index in [9.17, 15) is 10.2 Å². The van der Waals surface area contributed by atoms with Crippen molar-refractivity contribution in [1.82, 2.24) is 5.32 Å². The second-order valence-corrected chi connectivity index (χ2v) is 5.01. The van der Waals surface area contributed by atoms with Gasteiger partial charge in [-0.05, 0) is 36.8 Å². The van der Waals surface area contributed by atoms with E-state index in [-0.39, 0.29) is 0 Å². The average Bonchev–Trinajstić information content (AvgIpc) is 2.82. The zero-order valence-electron chi connectivity index (χ0n) is 9.76. The smallest absolute Gasteiger partial charge is 0.106 e. The molecule has 2 aromatic rings. The van der Waals surface area contributed by atoms with Gasteiger partial charge in [0.25, 0.3) is 0 Å². The van der Waals surface area contributed by atoms with Crippen molar-refractivity contribution in [2.75, 3.05) is 13.6 Å². The molecule has 4 heteroatoms. The molecule has 3 N–H and O–H groups in total. The summed E-state index contributed by atoms with van der Waals surface area (Å²) in [6.07, 6.45) is -1.000. The van der Waals surface area contributed by atoms with Gasteiger partial charge >= 0.3 is 0 Å². The number of thiophene rings is 1. The molecule has 0 radical (unpaired) electrons. The molecule has 2 atom stereocenters. The molecule has 2 rings (SSSR count). The van der Waals surface area contributed by atoms with Crippen molar-refractivity contribution in [3.8, 4) is 0 Å². The highest BCUT2D eigenvalue weighted by Crippen LogP contribution is 2.30. The first-order valence-electron chi connectivity index (χ1n) is 5.71. The Morgan fingerprint density at radius 2 is 2.12 bits per heavy atom. The highest BCUT2D eigenvalue weighted by Gasteiger charge is 2.20. The molecule has 0 saturated carbocycles. The van der Waals surface area contributed by atoms with Gasteiger partial charge in [0.15, 0.2) is 0 Å². The highest BCUT2D eigenvalue weighted by atomic mass is 32.1. The van der Waals surface area contributed by atoms with E-state index in [1.165, 1.54) is 0 Å². The van der Waals surface area contributed by atoms with Crippen LogP contribution < -0.4 is 5.32 Å². The predicted molar refractivity (Wildman–Crippen MR) is 71.3 cm³/mol. The van der Waals surface area contributed by atoms with Crippen LogP contribution in [0.15, 0.2) is 29.6 Å². The fraction of sp³-hybridized carbons (Fsp3) is 0.385. The minimum absolute atomic E-state index is 0.541. The van der Waals surface area contributed by atoms with Crippen LogP contribution in [0, 0.1) is 0 Å². The van der Waals surface area contributed by atoms with Gasteiger partial charge in [-0.15, -0.1) is 11.3 Å². The summed E-state index contributed by atoms with van der Waals surface area (Å²) in [5.74, 6) is 0. The zero-order valence-corrected chi connectivity index (χ0v) is 10.6. The third-order valence-electron chi connectivity index (χ3n) is 2.88. The maximum absolute atomic E-state index is 10.2. The van der Waals surface area contributed by atoms with Crippen LogP contribution in [0.5, 0.6) is 0 Å². The highest BCUT2D eigenvalue weighted by molar-refractivity contribution is 7.17. The summed E-state index contributed by atoms with van der Waals surface area (Å²) in [6.45, 7) is 0.693. The average molecular weight is 251 g/mol. The number of rotatable bonds is 5. The number of nitrogens with one attached hydrogen (secondary N) is 1. The molecule has 0 aliphatic heterocycles. The van der Waals surface area contributed by atoms with Crippen LogP contribution >= 0.6 is 11.3 Å². The van der Waals surface area contributed by atoms with Gasteiger partial charge < -0.3 is 15.5 Å². The number of hydrogen-bond acceptors (Lipinski definition) is 4. The maximum Gasteiger partial charge on any atom is 0.106 e. The van der Waals surface area contributed by atoms with E-state index in [2.05, 4.69) is 5.32 Å². The van der Waals surface area contributed by atoms with Crippen LogP contribution in [0.1, 0.15) is 18.1 Å². The Bertz CT molecular complexity index is 483. The maximum atomic E-state index is 10.2. The Morgan fingerprint density at radius 3 is 2.88 bits per heavy atom. The van der Waals surface area contributed by atoms with E-state index < -0.39 is 12.2 Å². The van der Waals surface area contributed by atoms with Crippen LogP contribution in [0.25, 0.3) is 10.1 Å². The largest absolute Gasteiger partial charge is 0.390 e. The van der Waals surface area contributed by atoms with Crippen molar-refractivity contribution in [2.45, 2.75) is 18.6 Å². The van der Waals surface area contributed by atoms with Crippen LogP contribution in [-0.2, 0) is 0 Å². The first-order valence-corrected chi connectivity index (χ1v) is 6.59. The number of benzene rings is 1. The van der Waals surface area contributed by atoms with Crippen molar-refractivity contribution >= 4 is 21.4 Å². The van der Waals surface area contributed by atoms with Crippen molar-refractivity contribution in [1.29, 1.82) is 0 Å². The van der Waals surface area contributed by atoms with E-state index in [0.29, 0.717) is 13.0 Å². The Morgan fingerprint density at radius 1 is 1.29 bits per heavy atom. The second-order valence-electron chi connectivity index (χ2n) is 4.09. The molecule has 2 unspecified atom stereocenters. The van der Waals surface area contributed by atoms with E-state index in [4.69, 9.17) is 0 Å². The van der Waals surface area contributed by atoms with E-state index in [1.54, 1.807) is 11.3 Å². The van der Waals surface area contributed by atoms with Crippen LogP contribution in [0.2, 0.25) is 0 Å². The second kappa shape index (κ2) is 5.60. The third kappa shape index (κ3) is 2.66. The molecular formula is C13H17NO2S. The Balaban J connectivity index is 2.23. The quantitative estimate of drug-likeness (QED) is 0.761. The van der Waals surface area contributed by atoms with Crippen LogP contribution in [0.3, 0.4) is 0 Å². The lowest BCUT2D eigenvalue weighted by molar-refractivity contribution is 0.0150. The molecule has 0 aliphatic carbocycles. The molecule has 3 nitrogen and oxygen atoms in total. The lowest BCUT2D eigenvalue weighted by atomic mass is 10.0. The zero-order chi connectivity index (χ0) is 12.3. The minimum atomic E-state index is -0.814. The van der Waals surface area contributed by atoms with Gasteiger partial charge in [0.05, 0.1) is 6.10 Å². The van der Waals surface area contributed by atoms with Gasteiger partial charge in [0.1, 0.15) is 6.10 Å². The molecule has 0 bridgehead atoms. The van der Waals surface area contributed by atoms with Gasteiger partial charge in [0, 0.05) is 10.3 Å². The summed E-state index contributed by atoms with van der Waals surface area (Å²) in [4.78, 5) is 0. The SMILES string of the molecule is CNCCC(O)C(O)c1cccc2ccsc12. The Labute approximate surface area is 105 Å². The van der Waals surface area contributed by atoms with Crippen molar-refractivity contribution in [3.63, 3.8) is 0 Å². The van der Waals surface area contributed by atoms with Crippen molar-refractivity contribution < 1.29 is 10.2 Å². The monoisotopic (exact) mass is 251 g/mol. The minimum Gasteiger partial charge on any atom is -0.390 e. The summed E-state index contributed by atoms with van der Waals surface area (Å²) in [6, 6.07) is 7.84. The predicted octanol–water partition coefficient (Wildman–Crippen LogP) is 1.91. The van der Waals surface area contributed by atoms with Crippen molar-refractivity contribution in [2.24, 2.45) is 0 Å². The normalized spacial score (nSPS) is 15.0. The number of aliphatic hydroxyl groups is 2. The molecule has 0 amide bonds. The summed E-state index contributed by atoms with van der Waals surface area (Å²) < 4.78 is 1.06. The van der Waals surface area contributed by atoms with Gasteiger partial charge in [-0.1, -0.05) is 18.2 Å². The molecule has 0 spiro atoms. The van der Waals surface area contributed by atoms with Gasteiger partial charge in [-0.3, -0.25) is 0 Å². The number of fused-ring (bicyclic) bond motifs is 1.